The molecule has 0 aliphatic heterocycles. The zero-order valence-electron chi connectivity index (χ0n) is 10.7. The number of nitrogens with zero attached hydrogens (tertiary/aromatic N) is 1. The van der Waals surface area contributed by atoms with Crippen LogP contribution in [0.4, 0.5) is 0 Å². The predicted molar refractivity (Wildman–Crippen MR) is 72.4 cm³/mol. The molecule has 0 spiro atoms. The molecule has 2 rings (SSSR count). The maximum atomic E-state index is 9.10. The van der Waals surface area contributed by atoms with E-state index in [-0.39, 0.29) is 6.61 Å². The van der Waals surface area contributed by atoms with Gasteiger partial charge < -0.3 is 9.67 Å². The van der Waals surface area contributed by atoms with Crippen LogP contribution in [0.2, 0.25) is 0 Å². The van der Waals surface area contributed by atoms with Crippen LogP contribution in [0.15, 0.2) is 24.4 Å². The first kappa shape index (κ1) is 12.2. The highest BCUT2D eigenvalue weighted by molar-refractivity contribution is 5.84. The Morgan fingerprint density at radius 2 is 2.12 bits per heavy atom. The van der Waals surface area contributed by atoms with Gasteiger partial charge in [-0.15, -0.1) is 0 Å². The minimum absolute atomic E-state index is 0.199. The van der Waals surface area contributed by atoms with Crippen molar-refractivity contribution in [2.24, 2.45) is 0 Å². The van der Waals surface area contributed by atoms with E-state index in [0.717, 1.165) is 6.42 Å². The van der Waals surface area contributed by atoms with E-state index in [4.69, 9.17) is 5.11 Å². The number of aliphatic hydroxyl groups excluding tert-OH is 1. The summed E-state index contributed by atoms with van der Waals surface area (Å²) in [5, 5.41) is 10.5. The topological polar surface area (TPSA) is 25.2 Å². The van der Waals surface area contributed by atoms with Crippen molar-refractivity contribution in [3.05, 3.63) is 35.5 Å². The number of rotatable bonds is 5. The second-order valence-corrected chi connectivity index (χ2v) is 4.70. The van der Waals surface area contributed by atoms with Crippen LogP contribution in [0.5, 0.6) is 0 Å². The van der Waals surface area contributed by atoms with Crippen LogP contribution in [0.3, 0.4) is 0 Å². The number of aliphatic hydroxyl groups is 1. The van der Waals surface area contributed by atoms with E-state index >= 15 is 0 Å². The van der Waals surface area contributed by atoms with Gasteiger partial charge in [-0.3, -0.25) is 0 Å². The molecule has 2 aromatic rings. The number of aromatic nitrogens is 1. The molecule has 0 bridgehead atoms. The number of aryl methyl sites for hydroxylation is 2. The van der Waals surface area contributed by atoms with Gasteiger partial charge in [-0.05, 0) is 37.5 Å². The van der Waals surface area contributed by atoms with Crippen molar-refractivity contribution in [1.82, 2.24) is 4.57 Å². The number of hydrogen-bond donors (Lipinski definition) is 1. The quantitative estimate of drug-likeness (QED) is 0.839. The summed E-state index contributed by atoms with van der Waals surface area (Å²) in [5.41, 5.74) is 3.96. The molecule has 92 valence electrons. The highest BCUT2D eigenvalue weighted by Crippen LogP contribution is 2.24. The first-order valence-corrected chi connectivity index (χ1v) is 6.45. The van der Waals surface area contributed by atoms with Gasteiger partial charge in [0.1, 0.15) is 0 Å². The lowest BCUT2D eigenvalue weighted by molar-refractivity contribution is 0.278. The molecular formula is C15H21NO. The molecule has 2 nitrogen and oxygen atoms in total. The fraction of sp³-hybridized carbons (Fsp3) is 0.467. The molecule has 0 fully saturated rings. The predicted octanol–water partition coefficient (Wildman–Crippen LogP) is 3.28. The van der Waals surface area contributed by atoms with Gasteiger partial charge in [-0.2, -0.15) is 0 Å². The van der Waals surface area contributed by atoms with Crippen LogP contribution in [0.1, 0.15) is 30.9 Å². The van der Waals surface area contributed by atoms with Gasteiger partial charge in [0.25, 0.3) is 0 Å². The van der Waals surface area contributed by atoms with E-state index in [0.29, 0.717) is 6.54 Å². The molecular weight excluding hydrogens is 210 g/mol. The van der Waals surface area contributed by atoms with Gasteiger partial charge in [-0.25, -0.2) is 0 Å². The molecule has 0 saturated heterocycles. The summed E-state index contributed by atoms with van der Waals surface area (Å²) in [6, 6.07) is 6.56. The van der Waals surface area contributed by atoms with Gasteiger partial charge in [0.15, 0.2) is 0 Å². The van der Waals surface area contributed by atoms with Crippen molar-refractivity contribution in [3.63, 3.8) is 0 Å². The van der Waals surface area contributed by atoms with Gasteiger partial charge >= 0.3 is 0 Å². The Morgan fingerprint density at radius 3 is 2.82 bits per heavy atom. The largest absolute Gasteiger partial charge is 0.395 e. The summed E-state index contributed by atoms with van der Waals surface area (Å²) < 4.78 is 2.17. The monoisotopic (exact) mass is 231 g/mol. The molecule has 1 aromatic carbocycles. The first-order chi connectivity index (χ1) is 8.26. The molecule has 0 unspecified atom stereocenters. The lowest BCUT2D eigenvalue weighted by Gasteiger charge is -2.02. The van der Waals surface area contributed by atoms with Crippen LogP contribution < -0.4 is 0 Å². The van der Waals surface area contributed by atoms with Crippen molar-refractivity contribution < 1.29 is 5.11 Å². The van der Waals surface area contributed by atoms with E-state index < -0.39 is 0 Å². The number of unbranched alkanes of at least 4 members (excludes halogenated alkanes) is 1. The fourth-order valence-corrected chi connectivity index (χ4v) is 2.34. The van der Waals surface area contributed by atoms with Crippen LogP contribution in [-0.4, -0.2) is 16.3 Å². The minimum atomic E-state index is 0.199. The Balaban J connectivity index is 2.46. The normalized spacial score (nSPS) is 11.2. The minimum Gasteiger partial charge on any atom is -0.395 e. The third-order valence-corrected chi connectivity index (χ3v) is 3.26. The van der Waals surface area contributed by atoms with E-state index in [2.05, 4.69) is 42.8 Å². The van der Waals surface area contributed by atoms with Crippen molar-refractivity contribution in [1.29, 1.82) is 0 Å². The molecule has 0 radical (unpaired) electrons. The summed E-state index contributed by atoms with van der Waals surface area (Å²) in [4.78, 5) is 0. The molecule has 0 amide bonds. The molecule has 0 aliphatic carbocycles. The summed E-state index contributed by atoms with van der Waals surface area (Å²) in [6.07, 6.45) is 5.79. The SMILES string of the molecule is CCCCc1cn(CCO)c2ccc(C)cc12. The fourth-order valence-electron chi connectivity index (χ4n) is 2.34. The van der Waals surface area contributed by atoms with Gasteiger partial charge in [-0.1, -0.05) is 25.0 Å². The van der Waals surface area contributed by atoms with Gasteiger partial charge in [0, 0.05) is 23.6 Å². The molecule has 0 aliphatic rings. The van der Waals surface area contributed by atoms with Crippen molar-refractivity contribution >= 4 is 10.9 Å². The smallest absolute Gasteiger partial charge is 0.0610 e. The first-order valence-electron chi connectivity index (χ1n) is 6.45. The summed E-state index contributed by atoms with van der Waals surface area (Å²) in [7, 11) is 0. The Morgan fingerprint density at radius 1 is 1.29 bits per heavy atom. The van der Waals surface area contributed by atoms with Crippen LogP contribution in [0.25, 0.3) is 10.9 Å². The molecule has 0 atom stereocenters. The van der Waals surface area contributed by atoms with Crippen molar-refractivity contribution in [2.45, 2.75) is 39.7 Å². The lowest BCUT2D eigenvalue weighted by atomic mass is 10.1. The van der Waals surface area contributed by atoms with E-state index in [1.54, 1.807) is 0 Å². The highest BCUT2D eigenvalue weighted by atomic mass is 16.3. The second-order valence-electron chi connectivity index (χ2n) is 4.70. The molecule has 1 heterocycles. The molecule has 0 saturated carbocycles. The highest BCUT2D eigenvalue weighted by Gasteiger charge is 2.07. The summed E-state index contributed by atoms with van der Waals surface area (Å²) in [5.74, 6) is 0. The molecule has 1 aromatic heterocycles. The van der Waals surface area contributed by atoms with Crippen LogP contribution in [0, 0.1) is 6.92 Å². The van der Waals surface area contributed by atoms with Crippen molar-refractivity contribution in [3.8, 4) is 0 Å². The number of benzene rings is 1. The Bertz CT molecular complexity index is 499. The maximum absolute atomic E-state index is 9.10. The Labute approximate surface area is 103 Å². The lowest BCUT2D eigenvalue weighted by Crippen LogP contribution is -1.99. The average Bonchev–Trinajstić information content (AvgIpc) is 2.65. The van der Waals surface area contributed by atoms with Gasteiger partial charge in [0.05, 0.1) is 6.61 Å². The third-order valence-electron chi connectivity index (χ3n) is 3.26. The van der Waals surface area contributed by atoms with E-state index in [1.807, 2.05) is 0 Å². The number of hydrogen-bond acceptors (Lipinski definition) is 1. The maximum Gasteiger partial charge on any atom is 0.0610 e. The van der Waals surface area contributed by atoms with Crippen LogP contribution >= 0.6 is 0 Å². The molecule has 1 N–H and O–H groups in total. The second kappa shape index (κ2) is 5.37. The number of fused-ring (bicyclic) bond motifs is 1. The van der Waals surface area contributed by atoms with Crippen molar-refractivity contribution in [2.75, 3.05) is 6.61 Å². The Kier molecular flexibility index (Phi) is 3.85. The zero-order chi connectivity index (χ0) is 12.3. The third kappa shape index (κ3) is 2.52. The standard InChI is InChI=1S/C15H21NO/c1-3-4-5-13-11-16(8-9-17)15-7-6-12(2)10-14(13)15/h6-7,10-11,17H,3-5,8-9H2,1-2H3. The van der Waals surface area contributed by atoms with Crippen LogP contribution in [-0.2, 0) is 13.0 Å². The Hall–Kier alpha value is -1.28. The average molecular weight is 231 g/mol. The van der Waals surface area contributed by atoms with E-state index in [9.17, 15) is 0 Å². The zero-order valence-corrected chi connectivity index (χ0v) is 10.7. The summed E-state index contributed by atoms with van der Waals surface area (Å²) >= 11 is 0. The molecule has 17 heavy (non-hydrogen) atoms. The van der Waals surface area contributed by atoms with E-state index in [1.165, 1.54) is 34.9 Å². The van der Waals surface area contributed by atoms with Gasteiger partial charge in [0.2, 0.25) is 0 Å². The molecule has 2 heteroatoms. The summed E-state index contributed by atoms with van der Waals surface area (Å²) in [6.45, 7) is 5.24.